The van der Waals surface area contributed by atoms with Crippen LogP contribution in [0.25, 0.3) is 39.3 Å². The van der Waals surface area contributed by atoms with Crippen LogP contribution in [0, 0.1) is 5.82 Å². The van der Waals surface area contributed by atoms with Gasteiger partial charge in [-0.2, -0.15) is 0 Å². The smallest absolute Gasteiger partial charge is 0.249 e. The van der Waals surface area contributed by atoms with Gasteiger partial charge in [0.15, 0.2) is 46.5 Å². The molecular weight excluding hydrogens is 940 g/mol. The van der Waals surface area contributed by atoms with Gasteiger partial charge in [-0.15, -0.1) is 4.98 Å². The number of rotatable bonds is 14. The van der Waals surface area contributed by atoms with E-state index in [4.69, 9.17) is 63.2 Å². The molecule has 20 heteroatoms. The Hall–Kier alpha value is -7.21. The molecule has 3 aromatic heterocycles. The molecule has 0 spiro atoms. The van der Waals surface area contributed by atoms with Crippen LogP contribution in [0.5, 0.6) is 23.0 Å². The van der Waals surface area contributed by atoms with Gasteiger partial charge in [0.1, 0.15) is 24.4 Å². The fourth-order valence-electron chi connectivity index (χ4n) is 8.10. The van der Waals surface area contributed by atoms with Gasteiger partial charge in [-0.25, -0.2) is 23.9 Å². The molecule has 2 amide bonds. The zero-order chi connectivity index (χ0) is 47.5. The number of hydrogen-bond acceptors (Lipinski definition) is 13. The lowest BCUT2D eigenvalue weighted by molar-refractivity contribution is -0.554. The molecule has 2 N–H and O–H groups in total. The lowest BCUT2D eigenvalue weighted by Crippen LogP contribution is -2.44. The number of carbonyl (C=O) groups excluding carboxylic acids is 2. The van der Waals surface area contributed by atoms with Gasteiger partial charge in [0, 0.05) is 54.7 Å². The highest BCUT2D eigenvalue weighted by Gasteiger charge is 2.29. The highest BCUT2D eigenvalue weighted by molar-refractivity contribution is 6.42. The number of oxazole rings is 1. The van der Waals surface area contributed by atoms with Gasteiger partial charge < -0.3 is 38.5 Å². The van der Waals surface area contributed by atoms with Crippen molar-refractivity contribution < 1.29 is 41.9 Å². The van der Waals surface area contributed by atoms with Crippen molar-refractivity contribution in [2.45, 2.75) is 31.5 Å². The normalized spacial score (nSPS) is 16.0. The molecular formula is C48H42Cl3FN9O7+. The Kier molecular flexibility index (Phi) is 13.5. The first kappa shape index (κ1) is 45.9. The zero-order valence-electron chi connectivity index (χ0n) is 36.5. The van der Waals surface area contributed by atoms with Gasteiger partial charge in [-0.05, 0) is 55.3 Å². The summed E-state index contributed by atoms with van der Waals surface area (Å²) in [5.74, 6) is 1.88. The Morgan fingerprint density at radius 2 is 1.54 bits per heavy atom. The first-order valence-electron chi connectivity index (χ1n) is 21.3. The van der Waals surface area contributed by atoms with Crippen molar-refractivity contribution in [2.75, 3.05) is 51.0 Å². The van der Waals surface area contributed by atoms with Gasteiger partial charge in [0.05, 0.1) is 77.1 Å². The van der Waals surface area contributed by atoms with Crippen molar-refractivity contribution in [2.24, 2.45) is 0 Å². The predicted molar refractivity (Wildman–Crippen MR) is 256 cm³/mol. The minimum absolute atomic E-state index is 0.0731. The van der Waals surface area contributed by atoms with Crippen LogP contribution < -0.4 is 34.1 Å². The van der Waals surface area contributed by atoms with E-state index < -0.39 is 11.9 Å². The number of aromatic nitrogens is 5. The van der Waals surface area contributed by atoms with Crippen LogP contribution in [-0.2, 0) is 9.59 Å². The Balaban J connectivity index is 0.993. The van der Waals surface area contributed by atoms with Gasteiger partial charge in [0.25, 0.3) is 0 Å². The summed E-state index contributed by atoms with van der Waals surface area (Å²) in [7, 11) is 3.07. The molecule has 2 unspecified atom stereocenters. The van der Waals surface area contributed by atoms with E-state index in [9.17, 15) is 9.59 Å². The van der Waals surface area contributed by atoms with Crippen LogP contribution >= 0.6 is 34.8 Å². The minimum atomic E-state index is -0.727. The maximum absolute atomic E-state index is 15.0. The number of halogens is 4. The second-order valence-corrected chi connectivity index (χ2v) is 17.0. The summed E-state index contributed by atoms with van der Waals surface area (Å²) in [6, 6.07) is 15.4. The quantitative estimate of drug-likeness (QED) is 0.0601. The molecule has 16 nitrogen and oxygen atoms in total. The fourth-order valence-corrected chi connectivity index (χ4v) is 8.62. The number of benzene rings is 4. The summed E-state index contributed by atoms with van der Waals surface area (Å²) in [6.45, 7) is 5.30. The van der Waals surface area contributed by atoms with E-state index in [2.05, 4.69) is 32.2 Å². The highest BCUT2D eigenvalue weighted by Crippen LogP contribution is 2.40. The minimum Gasteiger partial charge on any atom is -0.493 e. The molecule has 0 aliphatic carbocycles. The molecule has 2 aliphatic heterocycles. The first-order valence-corrected chi connectivity index (χ1v) is 22.5. The number of hydrogen-bond donors (Lipinski definition) is 2. The highest BCUT2D eigenvalue weighted by atomic mass is 35.5. The molecule has 4 aromatic carbocycles. The Labute approximate surface area is 403 Å². The average molecular weight is 982 g/mol. The van der Waals surface area contributed by atoms with Gasteiger partial charge in [0.2, 0.25) is 24.0 Å². The average Bonchev–Trinajstić information content (AvgIpc) is 4.08. The Morgan fingerprint density at radius 3 is 2.26 bits per heavy atom. The summed E-state index contributed by atoms with van der Waals surface area (Å²) in [5.41, 5.74) is 2.42. The second-order valence-electron chi connectivity index (χ2n) is 15.8. The third-order valence-electron chi connectivity index (χ3n) is 11.5. The summed E-state index contributed by atoms with van der Waals surface area (Å²) in [6.07, 6.45) is 11.5. The van der Waals surface area contributed by atoms with E-state index in [-0.39, 0.29) is 40.2 Å². The monoisotopic (exact) mass is 980 g/mol. The van der Waals surface area contributed by atoms with E-state index in [0.29, 0.717) is 117 Å². The molecule has 9 rings (SSSR count). The van der Waals surface area contributed by atoms with Crippen LogP contribution in [0.3, 0.4) is 0 Å². The van der Waals surface area contributed by atoms with Crippen LogP contribution in [0.1, 0.15) is 19.3 Å². The lowest BCUT2D eigenvalue weighted by Gasteiger charge is -2.32. The largest absolute Gasteiger partial charge is 0.493 e. The molecule has 68 heavy (non-hydrogen) atoms. The summed E-state index contributed by atoms with van der Waals surface area (Å²) in [5, 5.41) is 7.99. The van der Waals surface area contributed by atoms with Gasteiger partial charge >= 0.3 is 0 Å². The molecule has 2 saturated heterocycles. The van der Waals surface area contributed by atoms with E-state index in [1.165, 1.54) is 44.1 Å². The SMILES string of the molecule is C=CC(=O)N1CCC(Oc2cc3c(Nc4ccc(Cl)c(-c5cnco5)c4)[n+](/C=C/C(=O)N4CCCC(Oc5cc6c(Nc7ccc(Cl)c(Cl)c7F)ncnc6cc5OC)C4)cnc3cc2OC)C1. The third kappa shape index (κ3) is 9.63. The number of nitrogens with zero attached hydrogens (tertiary/aromatic N) is 7. The first-order chi connectivity index (χ1) is 33.0. The van der Waals surface area contributed by atoms with Crippen molar-refractivity contribution in [1.82, 2.24) is 29.7 Å². The van der Waals surface area contributed by atoms with Crippen LogP contribution in [0.2, 0.25) is 15.1 Å². The van der Waals surface area contributed by atoms with Crippen molar-refractivity contribution >= 4 is 97.6 Å². The number of likely N-dealkylation sites (tertiary alicyclic amines) is 2. The van der Waals surface area contributed by atoms with E-state index in [1.807, 2.05) is 18.2 Å². The Morgan fingerprint density at radius 1 is 0.838 bits per heavy atom. The van der Waals surface area contributed by atoms with E-state index in [1.54, 1.807) is 64.5 Å². The number of anilines is 4. The Bertz CT molecular complexity index is 3110. The predicted octanol–water partition coefficient (Wildman–Crippen LogP) is 9.43. The topological polar surface area (TPSA) is 170 Å². The maximum atomic E-state index is 15.0. The summed E-state index contributed by atoms with van der Waals surface area (Å²) in [4.78, 5) is 47.3. The van der Waals surface area contributed by atoms with Crippen LogP contribution in [-0.4, -0.2) is 94.2 Å². The molecule has 2 fully saturated rings. The number of nitrogens with one attached hydrogen (secondary N) is 2. The number of fused-ring (bicyclic) bond motifs is 2. The standard InChI is InChI=1S/C48H41Cl3FN9O7/c1-4-43(62)60-14-11-29(23-60)68-41-18-32-37(20-39(41)65-3)56-25-61(48(32)57-27-7-8-33(49)30(16-27)42-21-53-26-66-42)15-12-44(63)59-13-5-6-28(22-59)67-40-17-31-36(19-38(40)64-2)54-24-55-47(31)58-35-10-9-34(50)45(51)46(35)52/h4,7-10,12,15-21,24-26,28-29H,1,5-6,11,13-14,22-23H2,2-3H3,(H,54,55,58)/p+1/b15-12+. The number of methoxy groups -OCH3 is 2. The maximum Gasteiger partial charge on any atom is 0.249 e. The third-order valence-corrected chi connectivity index (χ3v) is 12.6. The fraction of sp³-hybridized carbons (Fsp3) is 0.229. The zero-order valence-corrected chi connectivity index (χ0v) is 38.8. The molecule has 2 atom stereocenters. The molecule has 2 aliphatic rings. The molecule has 0 radical (unpaired) electrons. The van der Waals surface area contributed by atoms with Crippen LogP contribution in [0.15, 0.2) is 103 Å². The molecule has 0 bridgehead atoms. The molecule has 348 valence electrons. The summed E-state index contributed by atoms with van der Waals surface area (Å²) < 4.78 is 46.8. The second kappa shape index (κ2) is 19.9. The molecule has 0 saturated carbocycles. The van der Waals surface area contributed by atoms with Crippen molar-refractivity contribution in [3.8, 4) is 34.3 Å². The lowest BCUT2D eigenvalue weighted by atomic mass is 10.1. The van der Waals surface area contributed by atoms with Gasteiger partial charge in [-0.1, -0.05) is 41.4 Å². The van der Waals surface area contributed by atoms with E-state index in [0.717, 1.165) is 0 Å². The number of amides is 2. The molecule has 5 heterocycles. The van der Waals surface area contributed by atoms with Crippen molar-refractivity contribution in [1.29, 1.82) is 0 Å². The van der Waals surface area contributed by atoms with Crippen LogP contribution in [0.4, 0.5) is 27.4 Å². The molecule has 7 aromatic rings. The van der Waals surface area contributed by atoms with Crippen molar-refractivity contribution in [3.05, 3.63) is 119 Å². The summed E-state index contributed by atoms with van der Waals surface area (Å²) >= 11 is 18.7. The number of ether oxygens (including phenoxy) is 4. The number of carbonyl (C=O) groups is 2. The number of piperidine rings is 1. The van der Waals surface area contributed by atoms with Gasteiger partial charge in [-0.3, -0.25) is 14.9 Å². The van der Waals surface area contributed by atoms with Crippen molar-refractivity contribution in [3.63, 3.8) is 0 Å². The van der Waals surface area contributed by atoms with E-state index >= 15 is 4.39 Å².